The van der Waals surface area contributed by atoms with Crippen molar-refractivity contribution in [1.82, 2.24) is 5.32 Å². The number of nitrogens with zero attached hydrogens (tertiary/aromatic N) is 1. The van der Waals surface area contributed by atoms with Gasteiger partial charge in [0.2, 0.25) is 0 Å². The average molecular weight is 377 g/mol. The van der Waals surface area contributed by atoms with E-state index in [0.29, 0.717) is 18.5 Å². The molecule has 1 aromatic rings. The van der Waals surface area contributed by atoms with E-state index in [-0.39, 0.29) is 19.8 Å². The molecule has 1 aromatic carbocycles. The zero-order valence-corrected chi connectivity index (χ0v) is 15.9. The number of nitrogens with one attached hydrogen (secondary N) is 2. The number of aliphatic hydroxyl groups excluding tert-OH is 1. The maximum absolute atomic E-state index is 12.0. The minimum Gasteiger partial charge on any atom is -0.444 e. The first-order valence-electron chi connectivity index (χ1n) is 8.84. The molecule has 0 radical (unpaired) electrons. The predicted octanol–water partition coefficient (Wildman–Crippen LogP) is 1.99. The van der Waals surface area contributed by atoms with E-state index in [9.17, 15) is 9.90 Å². The van der Waals surface area contributed by atoms with E-state index in [2.05, 4.69) is 16.7 Å². The van der Waals surface area contributed by atoms with Gasteiger partial charge in [0.1, 0.15) is 11.1 Å². The van der Waals surface area contributed by atoms with Gasteiger partial charge < -0.3 is 30.0 Å². The number of anilines is 1. The summed E-state index contributed by atoms with van der Waals surface area (Å²) in [6.45, 7) is 5.86. The van der Waals surface area contributed by atoms with Gasteiger partial charge in [-0.25, -0.2) is 4.79 Å². The number of benzene rings is 1. The van der Waals surface area contributed by atoms with Gasteiger partial charge in [-0.3, -0.25) is 0 Å². The highest BCUT2D eigenvalue weighted by molar-refractivity contribution is 5.69. The molecule has 148 valence electrons. The first-order valence-corrected chi connectivity index (χ1v) is 8.84. The van der Waals surface area contributed by atoms with E-state index >= 15 is 0 Å². The Balaban J connectivity index is 1.75. The quantitative estimate of drug-likeness (QED) is 0.695. The SMILES string of the molecule is CC(C)(C)OC(=O)NC1(CO)COC(CCNc2ccc(C#N)cc2)OC1. The van der Waals surface area contributed by atoms with Crippen LogP contribution in [-0.2, 0) is 14.2 Å². The van der Waals surface area contributed by atoms with E-state index < -0.39 is 23.5 Å². The monoisotopic (exact) mass is 377 g/mol. The summed E-state index contributed by atoms with van der Waals surface area (Å²) in [6.07, 6.45) is -0.464. The molecule has 0 bridgehead atoms. The summed E-state index contributed by atoms with van der Waals surface area (Å²) in [7, 11) is 0. The fourth-order valence-electron chi connectivity index (χ4n) is 2.48. The highest BCUT2D eigenvalue weighted by Gasteiger charge is 2.39. The van der Waals surface area contributed by atoms with Crippen molar-refractivity contribution in [2.75, 3.05) is 31.7 Å². The number of alkyl carbamates (subject to hydrolysis) is 1. The molecule has 0 saturated carbocycles. The molecule has 0 aromatic heterocycles. The van der Waals surface area contributed by atoms with Gasteiger partial charge in [-0.05, 0) is 45.0 Å². The van der Waals surface area contributed by atoms with Crippen LogP contribution in [0.25, 0.3) is 0 Å². The van der Waals surface area contributed by atoms with Crippen LogP contribution in [0.3, 0.4) is 0 Å². The third-order valence-corrected chi connectivity index (χ3v) is 3.88. The van der Waals surface area contributed by atoms with Crippen molar-refractivity contribution in [3.8, 4) is 6.07 Å². The third kappa shape index (κ3) is 6.71. The van der Waals surface area contributed by atoms with E-state index in [0.717, 1.165) is 5.69 Å². The van der Waals surface area contributed by atoms with Crippen LogP contribution in [0.15, 0.2) is 24.3 Å². The Hall–Kier alpha value is -2.34. The number of hydrogen-bond donors (Lipinski definition) is 3. The molecular formula is C19H27N3O5. The van der Waals surface area contributed by atoms with Crippen LogP contribution in [0.4, 0.5) is 10.5 Å². The number of aliphatic hydroxyl groups is 1. The van der Waals surface area contributed by atoms with Crippen LogP contribution < -0.4 is 10.6 Å². The van der Waals surface area contributed by atoms with Gasteiger partial charge in [0.25, 0.3) is 0 Å². The molecule has 1 amide bonds. The van der Waals surface area contributed by atoms with Crippen molar-refractivity contribution in [2.45, 2.75) is 44.6 Å². The van der Waals surface area contributed by atoms with Gasteiger partial charge in [-0.1, -0.05) is 0 Å². The Bertz CT molecular complexity index is 655. The minimum absolute atomic E-state index is 0.129. The fourth-order valence-corrected chi connectivity index (χ4v) is 2.48. The lowest BCUT2D eigenvalue weighted by molar-refractivity contribution is -0.218. The normalized spacial score (nSPS) is 22.6. The van der Waals surface area contributed by atoms with E-state index in [4.69, 9.17) is 19.5 Å². The second-order valence-corrected chi connectivity index (χ2v) is 7.52. The van der Waals surface area contributed by atoms with Gasteiger partial charge >= 0.3 is 6.09 Å². The molecule has 0 atom stereocenters. The summed E-state index contributed by atoms with van der Waals surface area (Å²) < 4.78 is 16.5. The van der Waals surface area contributed by atoms with Crippen molar-refractivity contribution < 1.29 is 24.1 Å². The fraction of sp³-hybridized carbons (Fsp3) is 0.579. The second-order valence-electron chi connectivity index (χ2n) is 7.52. The third-order valence-electron chi connectivity index (χ3n) is 3.88. The Kier molecular flexibility index (Phi) is 7.02. The molecule has 1 saturated heterocycles. The molecule has 3 N–H and O–H groups in total. The highest BCUT2D eigenvalue weighted by Crippen LogP contribution is 2.19. The van der Waals surface area contributed by atoms with Crippen molar-refractivity contribution in [3.05, 3.63) is 29.8 Å². The lowest BCUT2D eigenvalue weighted by Gasteiger charge is -2.39. The van der Waals surface area contributed by atoms with Gasteiger partial charge in [0.15, 0.2) is 6.29 Å². The van der Waals surface area contributed by atoms with Gasteiger partial charge in [0, 0.05) is 18.7 Å². The molecule has 27 heavy (non-hydrogen) atoms. The first-order chi connectivity index (χ1) is 12.8. The highest BCUT2D eigenvalue weighted by atomic mass is 16.7. The second kappa shape index (κ2) is 9.04. The average Bonchev–Trinajstić information content (AvgIpc) is 2.62. The standard InChI is InChI=1S/C19H27N3O5/c1-18(2,3)27-17(24)22-19(11-23)12-25-16(26-13-19)8-9-21-15-6-4-14(10-20)5-7-15/h4-7,16,21,23H,8-9,11-13H2,1-3H3,(H,22,24). The zero-order valence-electron chi connectivity index (χ0n) is 15.9. The van der Waals surface area contributed by atoms with Crippen molar-refractivity contribution in [2.24, 2.45) is 0 Å². The molecule has 8 heteroatoms. The van der Waals surface area contributed by atoms with Crippen molar-refractivity contribution >= 4 is 11.8 Å². The number of amides is 1. The number of carbonyl (C=O) groups is 1. The Morgan fingerprint density at radius 2 is 1.96 bits per heavy atom. The minimum atomic E-state index is -1.01. The summed E-state index contributed by atoms with van der Waals surface area (Å²) in [5.74, 6) is 0. The molecule has 0 spiro atoms. The van der Waals surface area contributed by atoms with Crippen LogP contribution >= 0.6 is 0 Å². The Labute approximate surface area is 159 Å². The topological polar surface area (TPSA) is 113 Å². The smallest absolute Gasteiger partial charge is 0.408 e. The molecule has 0 aliphatic carbocycles. The predicted molar refractivity (Wildman–Crippen MR) is 99.1 cm³/mol. The van der Waals surface area contributed by atoms with E-state index in [1.54, 1.807) is 32.9 Å². The number of ether oxygens (including phenoxy) is 3. The summed E-state index contributed by atoms with van der Waals surface area (Å²) >= 11 is 0. The first kappa shape index (κ1) is 21.0. The number of nitriles is 1. The Morgan fingerprint density at radius 3 is 2.48 bits per heavy atom. The van der Waals surface area contributed by atoms with Crippen LogP contribution in [-0.4, -0.2) is 55.0 Å². The maximum Gasteiger partial charge on any atom is 0.408 e. The number of carbonyl (C=O) groups excluding carboxylic acids is 1. The van der Waals surface area contributed by atoms with Crippen LogP contribution in [0.2, 0.25) is 0 Å². The lowest BCUT2D eigenvalue weighted by Crippen LogP contribution is -2.62. The van der Waals surface area contributed by atoms with Gasteiger partial charge in [-0.2, -0.15) is 5.26 Å². The van der Waals surface area contributed by atoms with Crippen molar-refractivity contribution in [3.63, 3.8) is 0 Å². The summed E-state index contributed by atoms with van der Waals surface area (Å²) in [6, 6.07) is 9.23. The van der Waals surface area contributed by atoms with Crippen LogP contribution in [0.5, 0.6) is 0 Å². The summed E-state index contributed by atoms with van der Waals surface area (Å²) in [4.78, 5) is 12.0. The lowest BCUT2D eigenvalue weighted by atomic mass is 10.0. The summed E-state index contributed by atoms with van der Waals surface area (Å²) in [5, 5.41) is 24.3. The van der Waals surface area contributed by atoms with E-state index in [1.165, 1.54) is 0 Å². The zero-order chi connectivity index (χ0) is 19.9. The molecule has 2 rings (SSSR count). The number of hydrogen-bond acceptors (Lipinski definition) is 7. The molecule has 1 fully saturated rings. The molecule has 8 nitrogen and oxygen atoms in total. The van der Waals surface area contributed by atoms with Gasteiger partial charge in [0.05, 0.1) is 31.5 Å². The molecule has 1 aliphatic rings. The van der Waals surface area contributed by atoms with Crippen LogP contribution in [0.1, 0.15) is 32.8 Å². The van der Waals surface area contributed by atoms with E-state index in [1.807, 2.05) is 12.1 Å². The van der Waals surface area contributed by atoms with Crippen molar-refractivity contribution in [1.29, 1.82) is 5.26 Å². The molecule has 1 heterocycles. The van der Waals surface area contributed by atoms with Crippen LogP contribution in [0, 0.1) is 11.3 Å². The maximum atomic E-state index is 12.0. The Morgan fingerprint density at radius 1 is 1.33 bits per heavy atom. The molecule has 0 unspecified atom stereocenters. The summed E-state index contributed by atoms with van der Waals surface area (Å²) in [5.41, 5.74) is -0.130. The largest absolute Gasteiger partial charge is 0.444 e. The molecule has 1 aliphatic heterocycles. The van der Waals surface area contributed by atoms with Gasteiger partial charge in [-0.15, -0.1) is 0 Å². The molecular weight excluding hydrogens is 350 g/mol. The number of rotatable bonds is 6.